The summed E-state index contributed by atoms with van der Waals surface area (Å²) in [6.07, 6.45) is 1.77. The molecule has 1 N–H and O–H groups in total. The summed E-state index contributed by atoms with van der Waals surface area (Å²) in [6.45, 7) is 7.22. The number of rotatable bonds is 5. The van der Waals surface area contributed by atoms with Crippen LogP contribution in [-0.2, 0) is 4.79 Å². The van der Waals surface area contributed by atoms with Gasteiger partial charge in [-0.25, -0.2) is 9.38 Å². The highest BCUT2D eigenvalue weighted by Gasteiger charge is 2.39. The minimum atomic E-state index is -0.423. The van der Waals surface area contributed by atoms with Crippen LogP contribution in [0.4, 0.5) is 10.1 Å². The van der Waals surface area contributed by atoms with E-state index in [1.54, 1.807) is 12.1 Å². The molecule has 0 atom stereocenters. The highest BCUT2D eigenvalue weighted by atomic mass is 32.2. The van der Waals surface area contributed by atoms with Gasteiger partial charge in [0.2, 0.25) is 5.91 Å². The van der Waals surface area contributed by atoms with Crippen molar-refractivity contribution in [1.29, 1.82) is 0 Å². The lowest BCUT2D eigenvalue weighted by Gasteiger charge is -2.34. The van der Waals surface area contributed by atoms with E-state index in [1.165, 1.54) is 29.5 Å². The molecule has 0 saturated carbocycles. The van der Waals surface area contributed by atoms with Gasteiger partial charge < -0.3 is 10.2 Å². The van der Waals surface area contributed by atoms with Crippen molar-refractivity contribution >= 4 is 34.1 Å². The quantitative estimate of drug-likeness (QED) is 0.747. The largest absolute Gasteiger partial charge is 0.325 e. The molecular weight excluding hydrogens is 411 g/mol. The Balaban J connectivity index is 1.50. The van der Waals surface area contributed by atoms with Crippen molar-refractivity contribution in [2.45, 2.75) is 32.4 Å². The average Bonchev–Trinajstić information content (AvgIpc) is 3.11. The standard InChI is InChI=1S/C24H27FN4OS/c1-3-29-13-11-24(12-14-29)27-22(18-9-7-17(2)8-10-18)23(28-24)31-16-21(30)26-20-6-4-5-19(25)15-20/h4-10,15H,3,11-14,16H2,1-2H3,(H,26,30). The van der Waals surface area contributed by atoms with Crippen LogP contribution in [0.15, 0.2) is 58.5 Å². The van der Waals surface area contributed by atoms with E-state index in [2.05, 4.69) is 48.3 Å². The van der Waals surface area contributed by atoms with Gasteiger partial charge in [-0.15, -0.1) is 0 Å². The molecule has 1 fully saturated rings. The van der Waals surface area contributed by atoms with Gasteiger partial charge in [0.1, 0.15) is 10.9 Å². The van der Waals surface area contributed by atoms with E-state index < -0.39 is 5.66 Å². The molecule has 1 saturated heterocycles. The Morgan fingerprint density at radius 3 is 2.58 bits per heavy atom. The summed E-state index contributed by atoms with van der Waals surface area (Å²) in [6, 6.07) is 14.2. The third kappa shape index (κ3) is 5.22. The van der Waals surface area contributed by atoms with Gasteiger partial charge >= 0.3 is 0 Å². The molecule has 0 radical (unpaired) electrons. The zero-order valence-electron chi connectivity index (χ0n) is 17.9. The molecule has 2 aliphatic heterocycles. The normalized spacial score (nSPS) is 18.0. The van der Waals surface area contributed by atoms with E-state index >= 15 is 0 Å². The second kappa shape index (κ2) is 9.32. The van der Waals surface area contributed by atoms with Gasteiger partial charge in [0, 0.05) is 37.2 Å². The molecular formula is C24H27FN4OS. The fourth-order valence-corrected chi connectivity index (χ4v) is 4.75. The van der Waals surface area contributed by atoms with Crippen LogP contribution in [0.3, 0.4) is 0 Å². The first kappa shape index (κ1) is 21.7. The summed E-state index contributed by atoms with van der Waals surface area (Å²) in [7, 11) is 0. The van der Waals surface area contributed by atoms with Crippen molar-refractivity contribution in [3.63, 3.8) is 0 Å². The van der Waals surface area contributed by atoms with Gasteiger partial charge in [-0.3, -0.25) is 9.79 Å². The Bertz CT molecular complexity index is 1010. The van der Waals surface area contributed by atoms with Gasteiger partial charge in [-0.2, -0.15) is 0 Å². The van der Waals surface area contributed by atoms with Crippen LogP contribution < -0.4 is 5.32 Å². The molecule has 31 heavy (non-hydrogen) atoms. The van der Waals surface area contributed by atoms with E-state index in [9.17, 15) is 9.18 Å². The number of nitrogens with one attached hydrogen (secondary N) is 1. The maximum atomic E-state index is 13.4. The summed E-state index contributed by atoms with van der Waals surface area (Å²) in [4.78, 5) is 25.0. The number of aliphatic imine (C=N–C) groups is 2. The smallest absolute Gasteiger partial charge is 0.234 e. The number of hydrogen-bond acceptors (Lipinski definition) is 5. The number of likely N-dealkylation sites (tertiary alicyclic amines) is 1. The van der Waals surface area contributed by atoms with Crippen LogP contribution in [0.5, 0.6) is 0 Å². The van der Waals surface area contributed by atoms with Crippen LogP contribution in [0, 0.1) is 12.7 Å². The van der Waals surface area contributed by atoms with Crippen molar-refractivity contribution in [1.82, 2.24) is 4.90 Å². The fraction of sp³-hybridized carbons (Fsp3) is 0.375. The average molecular weight is 439 g/mol. The molecule has 162 valence electrons. The fourth-order valence-electron chi connectivity index (χ4n) is 3.87. The maximum Gasteiger partial charge on any atom is 0.234 e. The van der Waals surface area contributed by atoms with E-state index in [-0.39, 0.29) is 17.5 Å². The Morgan fingerprint density at radius 1 is 1.16 bits per heavy atom. The Labute approximate surface area is 186 Å². The molecule has 1 spiro atoms. The van der Waals surface area contributed by atoms with E-state index in [1.807, 2.05) is 0 Å². The highest BCUT2D eigenvalue weighted by molar-refractivity contribution is 8.16. The zero-order chi connectivity index (χ0) is 21.8. The number of nitrogens with zero attached hydrogens (tertiary/aromatic N) is 3. The van der Waals surface area contributed by atoms with Crippen LogP contribution in [0.1, 0.15) is 30.9 Å². The van der Waals surface area contributed by atoms with Crippen LogP contribution in [-0.4, -0.2) is 52.6 Å². The summed E-state index contributed by atoms with van der Waals surface area (Å²) in [5.41, 5.74) is 3.11. The topological polar surface area (TPSA) is 57.1 Å². The molecule has 2 heterocycles. The second-order valence-corrected chi connectivity index (χ2v) is 8.97. The van der Waals surface area contributed by atoms with Crippen LogP contribution in [0.2, 0.25) is 0 Å². The summed E-state index contributed by atoms with van der Waals surface area (Å²) < 4.78 is 13.4. The first-order valence-corrected chi connectivity index (χ1v) is 11.6. The maximum absolute atomic E-state index is 13.4. The lowest BCUT2D eigenvalue weighted by molar-refractivity contribution is -0.113. The number of anilines is 1. The number of halogens is 1. The van der Waals surface area contributed by atoms with Gasteiger partial charge in [0.05, 0.1) is 11.5 Å². The molecule has 1 amide bonds. The molecule has 2 aromatic carbocycles. The monoisotopic (exact) mass is 438 g/mol. The number of carbonyl (C=O) groups is 1. The van der Waals surface area contributed by atoms with Crippen LogP contribution >= 0.6 is 11.8 Å². The minimum absolute atomic E-state index is 0.191. The molecule has 4 rings (SSSR count). The number of hydrogen-bond donors (Lipinski definition) is 1. The number of carbonyl (C=O) groups excluding carboxylic acids is 1. The predicted molar refractivity (Wildman–Crippen MR) is 127 cm³/mol. The van der Waals surface area contributed by atoms with Gasteiger partial charge in [-0.1, -0.05) is 54.6 Å². The molecule has 5 nitrogen and oxygen atoms in total. The number of aryl methyl sites for hydroxylation is 1. The van der Waals surface area contributed by atoms with Gasteiger partial charge in [0.15, 0.2) is 5.66 Å². The lowest BCUT2D eigenvalue weighted by atomic mass is 9.98. The Morgan fingerprint density at radius 2 is 1.90 bits per heavy atom. The molecule has 2 aromatic rings. The van der Waals surface area contributed by atoms with E-state index in [0.717, 1.165) is 48.8 Å². The van der Waals surface area contributed by atoms with E-state index in [0.29, 0.717) is 5.69 Å². The molecule has 7 heteroatoms. The van der Waals surface area contributed by atoms with Gasteiger partial charge in [0.25, 0.3) is 0 Å². The number of amides is 1. The van der Waals surface area contributed by atoms with Crippen molar-refractivity contribution < 1.29 is 9.18 Å². The molecule has 0 bridgehead atoms. The second-order valence-electron chi connectivity index (χ2n) is 8.01. The minimum Gasteiger partial charge on any atom is -0.325 e. The predicted octanol–water partition coefficient (Wildman–Crippen LogP) is 4.52. The number of benzene rings is 2. The van der Waals surface area contributed by atoms with Crippen molar-refractivity contribution in [2.24, 2.45) is 9.98 Å². The summed E-state index contributed by atoms with van der Waals surface area (Å²) >= 11 is 1.40. The van der Waals surface area contributed by atoms with Crippen molar-refractivity contribution in [3.8, 4) is 0 Å². The molecule has 0 aromatic heterocycles. The third-order valence-corrected chi connectivity index (χ3v) is 6.67. The van der Waals surface area contributed by atoms with Crippen molar-refractivity contribution in [2.75, 3.05) is 30.7 Å². The summed E-state index contributed by atoms with van der Waals surface area (Å²) in [5.74, 6) is -0.375. The molecule has 0 unspecified atom stereocenters. The first-order chi connectivity index (χ1) is 15.0. The zero-order valence-corrected chi connectivity index (χ0v) is 18.7. The highest BCUT2D eigenvalue weighted by Crippen LogP contribution is 2.35. The van der Waals surface area contributed by atoms with E-state index in [4.69, 9.17) is 9.98 Å². The van der Waals surface area contributed by atoms with Crippen LogP contribution in [0.25, 0.3) is 0 Å². The van der Waals surface area contributed by atoms with Gasteiger partial charge in [-0.05, 0) is 31.7 Å². The summed E-state index contributed by atoms with van der Waals surface area (Å²) in [5, 5.41) is 3.56. The van der Waals surface area contributed by atoms with Crippen molar-refractivity contribution in [3.05, 3.63) is 65.5 Å². The third-order valence-electron chi connectivity index (χ3n) is 5.71. The molecule has 2 aliphatic rings. The molecule has 0 aliphatic carbocycles. The number of piperidine rings is 1. The SMILES string of the molecule is CCN1CCC2(CC1)N=C(SCC(=O)Nc1cccc(F)c1)C(c1ccc(C)cc1)=N2. The Hall–Kier alpha value is -2.51. The first-order valence-electron chi connectivity index (χ1n) is 10.6. The number of thioether (sulfide) groups is 1. The lowest BCUT2D eigenvalue weighted by Crippen LogP contribution is -2.41. The Kier molecular flexibility index (Phi) is 6.53.